The molecule has 2 fully saturated rings. The van der Waals surface area contributed by atoms with Crippen molar-refractivity contribution < 1.29 is 9.90 Å². The highest BCUT2D eigenvalue weighted by Crippen LogP contribution is 2.49. The van der Waals surface area contributed by atoms with Gasteiger partial charge in [0.25, 0.3) is 0 Å². The van der Waals surface area contributed by atoms with Gasteiger partial charge in [-0.25, -0.2) is 4.98 Å². The van der Waals surface area contributed by atoms with E-state index in [1.807, 2.05) is 10.6 Å². The third-order valence-electron chi connectivity index (χ3n) is 5.28. The number of fused-ring (bicyclic) bond motifs is 2. The molecule has 5 nitrogen and oxygen atoms in total. The highest BCUT2D eigenvalue weighted by Gasteiger charge is 2.54. The summed E-state index contributed by atoms with van der Waals surface area (Å²) in [5.41, 5.74) is 1.01. The molecule has 0 spiro atoms. The fraction of sp³-hybridized carbons (Fsp3) is 0.500. The summed E-state index contributed by atoms with van der Waals surface area (Å²) in [7, 11) is 0. The van der Waals surface area contributed by atoms with Gasteiger partial charge in [-0.1, -0.05) is 29.6 Å². The van der Waals surface area contributed by atoms with E-state index in [2.05, 4.69) is 9.88 Å². The zero-order valence-corrected chi connectivity index (χ0v) is 14.0. The number of rotatable bonds is 3. The minimum absolute atomic E-state index is 0.259. The summed E-state index contributed by atoms with van der Waals surface area (Å²) in [5.74, 6) is -0.387. The van der Waals surface area contributed by atoms with Crippen molar-refractivity contribution in [1.82, 2.24) is 14.3 Å². The fourth-order valence-electron chi connectivity index (χ4n) is 4.24. The van der Waals surface area contributed by atoms with Crippen LogP contribution in [-0.4, -0.2) is 38.4 Å². The van der Waals surface area contributed by atoms with Crippen LogP contribution in [0.15, 0.2) is 18.5 Å². The molecular weight excluding hydrogens is 337 g/mol. The molecule has 0 radical (unpaired) electrons. The lowest BCUT2D eigenvalue weighted by molar-refractivity contribution is -0.149. The molecule has 1 saturated heterocycles. The van der Waals surface area contributed by atoms with Crippen molar-refractivity contribution in [2.24, 2.45) is 11.3 Å². The number of halogens is 2. The summed E-state index contributed by atoms with van der Waals surface area (Å²) in [6.45, 7) is 2.07. The van der Waals surface area contributed by atoms with Crippen molar-refractivity contribution in [3.05, 3.63) is 34.2 Å². The van der Waals surface area contributed by atoms with Gasteiger partial charge >= 0.3 is 5.97 Å². The Balaban J connectivity index is 1.58. The zero-order chi connectivity index (χ0) is 16.2. The molecule has 122 valence electrons. The van der Waals surface area contributed by atoms with E-state index in [4.69, 9.17) is 23.2 Å². The minimum Gasteiger partial charge on any atom is -0.481 e. The average molecular weight is 354 g/mol. The molecule has 1 aliphatic carbocycles. The largest absolute Gasteiger partial charge is 0.481 e. The Morgan fingerprint density at radius 1 is 1.43 bits per heavy atom. The van der Waals surface area contributed by atoms with Crippen LogP contribution in [0.5, 0.6) is 0 Å². The smallest absolute Gasteiger partial charge is 0.311 e. The lowest BCUT2D eigenvalue weighted by atomic mass is 9.81. The molecule has 7 heteroatoms. The number of imidazole rings is 1. The van der Waals surface area contributed by atoms with Gasteiger partial charge < -0.3 is 9.51 Å². The first-order chi connectivity index (χ1) is 11.0. The molecule has 2 atom stereocenters. The predicted molar refractivity (Wildman–Crippen MR) is 87.9 cm³/mol. The number of carboxylic acid groups (broad SMARTS) is 1. The highest BCUT2D eigenvalue weighted by molar-refractivity contribution is 6.36. The number of carbonyl (C=O) groups is 1. The Morgan fingerprint density at radius 3 is 3.00 bits per heavy atom. The van der Waals surface area contributed by atoms with Crippen molar-refractivity contribution in [3.63, 3.8) is 0 Å². The molecule has 1 saturated carbocycles. The van der Waals surface area contributed by atoms with Gasteiger partial charge in [0.05, 0.1) is 21.2 Å². The van der Waals surface area contributed by atoms with Gasteiger partial charge in [-0.3, -0.25) is 9.69 Å². The van der Waals surface area contributed by atoms with Gasteiger partial charge in [-0.2, -0.15) is 0 Å². The summed E-state index contributed by atoms with van der Waals surface area (Å²) < 4.78 is 1.82. The molecule has 0 amide bonds. The van der Waals surface area contributed by atoms with Gasteiger partial charge in [-0.15, -0.1) is 0 Å². The number of pyridine rings is 1. The van der Waals surface area contributed by atoms with Crippen LogP contribution in [0.2, 0.25) is 10.0 Å². The second-order valence-electron chi connectivity index (χ2n) is 6.69. The zero-order valence-electron chi connectivity index (χ0n) is 12.5. The van der Waals surface area contributed by atoms with Crippen LogP contribution in [-0.2, 0) is 11.3 Å². The Morgan fingerprint density at radius 2 is 2.26 bits per heavy atom. The molecule has 23 heavy (non-hydrogen) atoms. The fourth-order valence-corrected chi connectivity index (χ4v) is 4.77. The maximum absolute atomic E-state index is 11.7. The Kier molecular flexibility index (Phi) is 3.55. The van der Waals surface area contributed by atoms with E-state index in [-0.39, 0.29) is 5.92 Å². The lowest BCUT2D eigenvalue weighted by Crippen LogP contribution is -2.35. The summed E-state index contributed by atoms with van der Waals surface area (Å²) in [4.78, 5) is 18.5. The summed E-state index contributed by atoms with van der Waals surface area (Å²) in [6, 6.07) is 1.68. The summed E-state index contributed by atoms with van der Waals surface area (Å²) in [5, 5.41) is 10.7. The number of aliphatic carboxylic acids is 1. The second-order valence-corrected chi connectivity index (χ2v) is 7.53. The number of hydrogen-bond donors (Lipinski definition) is 1. The molecule has 2 aliphatic rings. The molecule has 2 aromatic heterocycles. The Hall–Kier alpha value is -1.30. The van der Waals surface area contributed by atoms with E-state index in [1.54, 1.807) is 12.3 Å². The van der Waals surface area contributed by atoms with Crippen molar-refractivity contribution in [1.29, 1.82) is 0 Å². The third-order valence-corrected chi connectivity index (χ3v) is 5.76. The first-order valence-corrected chi connectivity index (χ1v) is 8.52. The maximum atomic E-state index is 11.7. The number of nitrogens with zero attached hydrogens (tertiary/aromatic N) is 3. The molecule has 2 aromatic rings. The minimum atomic E-state index is -0.646. The standard InChI is InChI=1S/C16H17Cl2N3O2/c17-11-4-13(18)14-19-12(8-21(14)6-11)7-20-5-10-2-1-3-16(10,9-20)15(22)23/h4,6,8,10H,1-3,5,7,9H2,(H,22,23)/t10-,16+/m0/s1. The van der Waals surface area contributed by atoms with Crippen LogP contribution in [0.4, 0.5) is 0 Å². The quantitative estimate of drug-likeness (QED) is 0.919. The first-order valence-electron chi connectivity index (χ1n) is 7.76. The summed E-state index contributed by atoms with van der Waals surface area (Å²) >= 11 is 12.2. The topological polar surface area (TPSA) is 57.8 Å². The van der Waals surface area contributed by atoms with E-state index in [0.717, 1.165) is 31.5 Å². The van der Waals surface area contributed by atoms with Gasteiger partial charge in [0.15, 0.2) is 5.65 Å². The van der Waals surface area contributed by atoms with Gasteiger partial charge in [0.2, 0.25) is 0 Å². The van der Waals surface area contributed by atoms with Crippen LogP contribution < -0.4 is 0 Å². The van der Waals surface area contributed by atoms with Crippen molar-refractivity contribution in [2.45, 2.75) is 25.8 Å². The molecule has 1 aliphatic heterocycles. The van der Waals surface area contributed by atoms with Crippen LogP contribution >= 0.6 is 23.2 Å². The molecule has 3 heterocycles. The van der Waals surface area contributed by atoms with E-state index >= 15 is 0 Å². The van der Waals surface area contributed by atoms with Crippen molar-refractivity contribution in [2.75, 3.05) is 13.1 Å². The lowest BCUT2D eigenvalue weighted by Gasteiger charge is -2.23. The van der Waals surface area contributed by atoms with Gasteiger partial charge in [0.1, 0.15) is 0 Å². The van der Waals surface area contributed by atoms with Crippen LogP contribution in [0, 0.1) is 11.3 Å². The van der Waals surface area contributed by atoms with E-state index < -0.39 is 11.4 Å². The van der Waals surface area contributed by atoms with Crippen molar-refractivity contribution >= 4 is 34.8 Å². The van der Waals surface area contributed by atoms with Gasteiger partial charge in [0, 0.05) is 32.0 Å². The Bertz CT molecular complexity index is 791. The van der Waals surface area contributed by atoms with Crippen LogP contribution in [0.1, 0.15) is 25.0 Å². The average Bonchev–Trinajstić information content (AvgIpc) is 3.10. The molecular formula is C16H17Cl2N3O2. The van der Waals surface area contributed by atoms with Crippen LogP contribution in [0.3, 0.4) is 0 Å². The SMILES string of the molecule is O=C(O)[C@@]12CCC[C@H]1CN(Cc1cn3cc(Cl)cc(Cl)c3n1)C2. The van der Waals surface area contributed by atoms with Crippen molar-refractivity contribution in [3.8, 4) is 0 Å². The summed E-state index contributed by atoms with van der Waals surface area (Å²) in [6.07, 6.45) is 6.50. The number of hydrogen-bond acceptors (Lipinski definition) is 3. The molecule has 1 N–H and O–H groups in total. The van der Waals surface area contributed by atoms with E-state index in [9.17, 15) is 9.90 Å². The molecule has 0 bridgehead atoms. The molecule has 4 rings (SSSR count). The Labute approximate surface area is 143 Å². The highest BCUT2D eigenvalue weighted by atomic mass is 35.5. The normalized spacial score (nSPS) is 27.7. The van der Waals surface area contributed by atoms with E-state index in [1.165, 1.54) is 0 Å². The molecule has 0 unspecified atom stereocenters. The number of likely N-dealkylation sites (tertiary alicyclic amines) is 1. The first kappa shape index (κ1) is 15.2. The maximum Gasteiger partial charge on any atom is 0.311 e. The predicted octanol–water partition coefficient (Wildman–Crippen LogP) is 3.33. The number of aromatic nitrogens is 2. The third kappa shape index (κ3) is 2.42. The van der Waals surface area contributed by atoms with Crippen LogP contribution in [0.25, 0.3) is 5.65 Å². The van der Waals surface area contributed by atoms with Gasteiger partial charge in [-0.05, 0) is 24.8 Å². The molecule has 0 aromatic carbocycles. The number of carboxylic acids is 1. The van der Waals surface area contributed by atoms with E-state index in [0.29, 0.717) is 28.8 Å². The second kappa shape index (κ2) is 5.36. The monoisotopic (exact) mass is 353 g/mol.